The van der Waals surface area contributed by atoms with Crippen LogP contribution in [-0.2, 0) is 4.79 Å². The Hall–Kier alpha value is -4.79. The fraction of sp³-hybridized carbons (Fsp3) is 0.148. The van der Waals surface area contributed by atoms with Crippen LogP contribution in [-0.4, -0.2) is 48.8 Å². The lowest BCUT2D eigenvalue weighted by atomic mass is 10.1. The van der Waals surface area contributed by atoms with Crippen molar-refractivity contribution in [3.05, 3.63) is 84.6 Å². The number of hydrogen-bond donors (Lipinski definition) is 1. The fourth-order valence-electron chi connectivity index (χ4n) is 3.79. The summed E-state index contributed by atoms with van der Waals surface area (Å²) >= 11 is 0. The smallest absolute Gasteiger partial charge is 0.284 e. The molecule has 1 aliphatic heterocycles. The van der Waals surface area contributed by atoms with Crippen molar-refractivity contribution in [3.63, 3.8) is 0 Å². The number of rotatable bonds is 7. The molecule has 36 heavy (non-hydrogen) atoms. The van der Waals surface area contributed by atoms with Crippen LogP contribution in [0.1, 0.15) is 5.56 Å². The van der Waals surface area contributed by atoms with Crippen LogP contribution in [0.4, 0.5) is 0 Å². The van der Waals surface area contributed by atoms with Crippen LogP contribution in [0.15, 0.2) is 84.1 Å². The highest BCUT2D eigenvalue weighted by Crippen LogP contribution is 2.33. The largest absolute Gasteiger partial charge is 0.493 e. The molecule has 4 aromatic rings. The highest BCUT2D eigenvalue weighted by atomic mass is 16.6. The van der Waals surface area contributed by atoms with Gasteiger partial charge in [-0.05, 0) is 42.5 Å². The summed E-state index contributed by atoms with van der Waals surface area (Å²) < 4.78 is 23.9. The molecule has 0 aliphatic carbocycles. The van der Waals surface area contributed by atoms with Gasteiger partial charge in [0.1, 0.15) is 12.3 Å². The minimum Gasteiger partial charge on any atom is -0.493 e. The first-order chi connectivity index (χ1) is 17.7. The van der Waals surface area contributed by atoms with Gasteiger partial charge >= 0.3 is 0 Å². The van der Waals surface area contributed by atoms with Gasteiger partial charge < -0.3 is 18.9 Å². The Morgan fingerprint density at radius 1 is 1.03 bits per heavy atom. The van der Waals surface area contributed by atoms with E-state index < -0.39 is 12.0 Å². The summed E-state index contributed by atoms with van der Waals surface area (Å²) in [4.78, 5) is 12.7. The highest BCUT2D eigenvalue weighted by molar-refractivity contribution is 5.90. The summed E-state index contributed by atoms with van der Waals surface area (Å²) in [6, 6.07) is 22.5. The Labute approximate surface area is 207 Å². The van der Waals surface area contributed by atoms with Crippen molar-refractivity contribution in [2.24, 2.45) is 5.10 Å². The van der Waals surface area contributed by atoms with Gasteiger partial charge in [-0.15, -0.1) is 0 Å². The maximum Gasteiger partial charge on any atom is 0.284 e. The Kier molecular flexibility index (Phi) is 6.53. The van der Waals surface area contributed by atoms with Gasteiger partial charge in [0.15, 0.2) is 23.0 Å². The van der Waals surface area contributed by atoms with Crippen LogP contribution >= 0.6 is 0 Å². The minimum absolute atomic E-state index is 0.0984. The summed E-state index contributed by atoms with van der Waals surface area (Å²) in [5.74, 6) is 1.91. The molecule has 1 aliphatic rings. The lowest BCUT2D eigenvalue weighted by Crippen LogP contribution is -2.42. The van der Waals surface area contributed by atoms with E-state index in [9.17, 15) is 4.79 Å². The minimum atomic E-state index is -0.811. The maximum atomic E-state index is 12.7. The molecule has 0 bridgehead atoms. The summed E-state index contributed by atoms with van der Waals surface area (Å²) in [5, 5.41) is 8.94. The molecule has 182 valence electrons. The number of ether oxygens (including phenoxy) is 4. The second-order valence-corrected chi connectivity index (χ2v) is 7.88. The molecule has 2 heterocycles. The quantitative estimate of drug-likeness (QED) is 0.316. The molecule has 9 nitrogen and oxygen atoms in total. The van der Waals surface area contributed by atoms with Crippen LogP contribution in [0.5, 0.6) is 23.0 Å². The van der Waals surface area contributed by atoms with Gasteiger partial charge in [-0.3, -0.25) is 4.79 Å². The molecular weight excluding hydrogens is 460 g/mol. The third-order valence-electron chi connectivity index (χ3n) is 5.60. The van der Waals surface area contributed by atoms with E-state index in [2.05, 4.69) is 10.5 Å². The Balaban J connectivity index is 1.40. The molecule has 1 amide bonds. The van der Waals surface area contributed by atoms with Crippen LogP contribution < -0.4 is 24.4 Å². The van der Waals surface area contributed by atoms with E-state index in [1.54, 1.807) is 37.2 Å². The lowest BCUT2D eigenvalue weighted by molar-refractivity contribution is -0.130. The monoisotopic (exact) mass is 484 g/mol. The molecule has 0 saturated heterocycles. The third kappa shape index (κ3) is 4.72. The first-order valence-corrected chi connectivity index (χ1v) is 11.2. The number of para-hydroxylation sites is 3. The van der Waals surface area contributed by atoms with E-state index in [-0.39, 0.29) is 6.61 Å². The Morgan fingerprint density at radius 2 is 1.78 bits per heavy atom. The number of hydrazone groups is 1. The Morgan fingerprint density at radius 3 is 2.56 bits per heavy atom. The zero-order valence-corrected chi connectivity index (χ0v) is 19.8. The van der Waals surface area contributed by atoms with Crippen LogP contribution in [0, 0.1) is 0 Å². The number of aromatic nitrogens is 2. The molecule has 0 fully saturated rings. The number of carbonyl (C=O) groups excluding carboxylic acids is 1. The number of amides is 1. The van der Waals surface area contributed by atoms with Gasteiger partial charge in [-0.2, -0.15) is 10.2 Å². The average Bonchev–Trinajstić information content (AvgIpc) is 3.37. The third-order valence-corrected chi connectivity index (χ3v) is 5.60. The van der Waals surface area contributed by atoms with Gasteiger partial charge in [0, 0.05) is 17.3 Å². The van der Waals surface area contributed by atoms with E-state index in [1.165, 1.54) is 0 Å². The number of carbonyl (C=O) groups is 1. The van der Waals surface area contributed by atoms with Crippen molar-refractivity contribution >= 4 is 12.1 Å². The molecular formula is C27H24N4O5. The molecule has 9 heteroatoms. The SMILES string of the molecule is COc1ccc(-c2nn(-c3ccccc3)cc2C=NNC(=O)C2COc3ccccc3O2)cc1OC. The normalized spacial score (nSPS) is 14.4. The first-order valence-electron chi connectivity index (χ1n) is 11.2. The summed E-state index contributed by atoms with van der Waals surface area (Å²) in [5.41, 5.74) is 5.58. The predicted molar refractivity (Wildman–Crippen MR) is 134 cm³/mol. The van der Waals surface area contributed by atoms with Crippen molar-refractivity contribution < 1.29 is 23.7 Å². The number of nitrogens with one attached hydrogen (secondary N) is 1. The Bertz CT molecular complexity index is 1400. The van der Waals surface area contributed by atoms with Crippen molar-refractivity contribution in [2.75, 3.05) is 20.8 Å². The zero-order chi connectivity index (χ0) is 24.9. The van der Waals surface area contributed by atoms with Gasteiger partial charge in [-0.25, -0.2) is 10.1 Å². The van der Waals surface area contributed by atoms with Gasteiger partial charge in [0.2, 0.25) is 6.10 Å². The molecule has 1 unspecified atom stereocenters. The van der Waals surface area contributed by atoms with Gasteiger partial charge in [0.25, 0.3) is 5.91 Å². The topological polar surface area (TPSA) is 96.2 Å². The fourth-order valence-corrected chi connectivity index (χ4v) is 3.79. The van der Waals surface area contributed by atoms with Gasteiger partial charge in [0.05, 0.1) is 26.1 Å². The molecule has 1 aromatic heterocycles. The number of nitrogens with zero attached hydrogens (tertiary/aromatic N) is 3. The lowest BCUT2D eigenvalue weighted by Gasteiger charge is -2.24. The zero-order valence-electron chi connectivity index (χ0n) is 19.8. The van der Waals surface area contributed by atoms with Crippen molar-refractivity contribution in [1.29, 1.82) is 0 Å². The molecule has 0 spiro atoms. The standard InChI is InChI=1S/C27H24N4O5/c1-33-21-13-12-18(14-24(21)34-2)26-19(16-31(30-26)20-8-4-3-5-9-20)15-28-29-27(32)25-17-35-22-10-6-7-11-23(22)36-25/h3-16,25H,17H2,1-2H3,(H,29,32). The summed E-state index contributed by atoms with van der Waals surface area (Å²) in [6.45, 7) is 0.0984. The highest BCUT2D eigenvalue weighted by Gasteiger charge is 2.27. The van der Waals surface area contributed by atoms with Crippen molar-refractivity contribution in [1.82, 2.24) is 15.2 Å². The average molecular weight is 485 g/mol. The summed E-state index contributed by atoms with van der Waals surface area (Å²) in [6.07, 6.45) is 2.58. The number of benzene rings is 3. The van der Waals surface area contributed by atoms with Crippen LogP contribution in [0.3, 0.4) is 0 Å². The van der Waals surface area contributed by atoms with Crippen molar-refractivity contribution in [2.45, 2.75) is 6.10 Å². The molecule has 1 atom stereocenters. The molecule has 1 N–H and O–H groups in total. The molecule has 0 radical (unpaired) electrons. The predicted octanol–water partition coefficient (Wildman–Crippen LogP) is 3.85. The van der Waals surface area contributed by atoms with E-state index in [1.807, 2.05) is 66.9 Å². The van der Waals surface area contributed by atoms with E-state index >= 15 is 0 Å². The first kappa shape index (κ1) is 23.0. The number of methoxy groups -OCH3 is 2. The van der Waals surface area contributed by atoms with Crippen molar-refractivity contribution in [3.8, 4) is 39.9 Å². The second kappa shape index (κ2) is 10.2. The van der Waals surface area contributed by atoms with Crippen LogP contribution in [0.2, 0.25) is 0 Å². The number of fused-ring (bicyclic) bond motifs is 1. The van der Waals surface area contributed by atoms with Crippen LogP contribution in [0.25, 0.3) is 16.9 Å². The van der Waals surface area contributed by atoms with E-state index in [4.69, 9.17) is 24.0 Å². The van der Waals surface area contributed by atoms with E-state index in [0.717, 1.165) is 11.3 Å². The second-order valence-electron chi connectivity index (χ2n) is 7.88. The molecule has 5 rings (SSSR count). The van der Waals surface area contributed by atoms with Gasteiger partial charge in [-0.1, -0.05) is 30.3 Å². The molecule has 0 saturated carbocycles. The molecule has 3 aromatic carbocycles. The summed E-state index contributed by atoms with van der Waals surface area (Å²) in [7, 11) is 3.17. The maximum absolute atomic E-state index is 12.7. The van der Waals surface area contributed by atoms with E-state index in [0.29, 0.717) is 34.3 Å². The number of hydrogen-bond acceptors (Lipinski definition) is 7.